The molecule has 0 aromatic heterocycles. The van der Waals surface area contributed by atoms with Gasteiger partial charge in [-0.05, 0) is 25.7 Å². The summed E-state index contributed by atoms with van der Waals surface area (Å²) in [6.07, 6.45) is 7.73. The summed E-state index contributed by atoms with van der Waals surface area (Å²) in [4.78, 5) is 2.66. The molecule has 0 amide bonds. The van der Waals surface area contributed by atoms with Crippen molar-refractivity contribution in [2.75, 3.05) is 46.6 Å². The molecule has 4 nitrogen and oxygen atoms in total. The second kappa shape index (κ2) is 8.32. The van der Waals surface area contributed by atoms with Crippen molar-refractivity contribution in [2.24, 2.45) is 0 Å². The van der Waals surface area contributed by atoms with E-state index in [0.29, 0.717) is 11.6 Å². The number of rotatable bonds is 8. The second-order valence-electron chi connectivity index (χ2n) is 6.36. The van der Waals surface area contributed by atoms with Crippen molar-refractivity contribution in [1.82, 2.24) is 10.2 Å². The van der Waals surface area contributed by atoms with Crippen LogP contribution in [0.1, 0.15) is 45.4 Å². The number of hydrogen-bond donors (Lipinski definition) is 1. The Kier molecular flexibility index (Phi) is 6.75. The quantitative estimate of drug-likeness (QED) is 0.692. The molecule has 1 atom stereocenters. The Morgan fingerprint density at radius 3 is 2.70 bits per heavy atom. The van der Waals surface area contributed by atoms with Crippen LogP contribution in [0.3, 0.4) is 0 Å². The minimum absolute atomic E-state index is 0.418. The Balaban J connectivity index is 1.71. The van der Waals surface area contributed by atoms with E-state index < -0.39 is 0 Å². The lowest BCUT2D eigenvalue weighted by Gasteiger charge is -2.46. The summed E-state index contributed by atoms with van der Waals surface area (Å²) in [5.74, 6) is 0. The molecule has 1 heterocycles. The first kappa shape index (κ1) is 16.2. The lowest BCUT2D eigenvalue weighted by Crippen LogP contribution is -2.63. The van der Waals surface area contributed by atoms with Crippen LogP contribution in [0, 0.1) is 0 Å². The lowest BCUT2D eigenvalue weighted by atomic mass is 9.91. The van der Waals surface area contributed by atoms with E-state index in [1.54, 1.807) is 7.11 Å². The summed E-state index contributed by atoms with van der Waals surface area (Å²) in [5, 5.41) is 3.84. The molecular formula is C16H32N2O2. The van der Waals surface area contributed by atoms with Gasteiger partial charge in [0.05, 0.1) is 6.61 Å². The van der Waals surface area contributed by atoms with Crippen LogP contribution in [0.25, 0.3) is 0 Å². The molecule has 1 aliphatic heterocycles. The second-order valence-corrected chi connectivity index (χ2v) is 6.36. The van der Waals surface area contributed by atoms with E-state index in [9.17, 15) is 0 Å². The van der Waals surface area contributed by atoms with Gasteiger partial charge in [0.25, 0.3) is 0 Å². The molecule has 4 heteroatoms. The van der Waals surface area contributed by atoms with Gasteiger partial charge in [0, 0.05) is 51.5 Å². The normalized spacial score (nSPS) is 26.4. The summed E-state index contributed by atoms with van der Waals surface area (Å²) < 4.78 is 10.8. The van der Waals surface area contributed by atoms with Crippen LogP contribution >= 0.6 is 0 Å². The molecule has 20 heavy (non-hydrogen) atoms. The van der Waals surface area contributed by atoms with E-state index in [0.717, 1.165) is 39.3 Å². The number of hydrogen-bond acceptors (Lipinski definition) is 4. The summed E-state index contributed by atoms with van der Waals surface area (Å²) >= 11 is 0. The standard InChI is InChI=1S/C16H32N2O2/c1-3-15-13-17-16(7-4-5-8-16)14-18(15)9-12-20-11-6-10-19-2/h15,17H,3-14H2,1-2H3. The zero-order valence-corrected chi connectivity index (χ0v) is 13.3. The molecule has 1 unspecified atom stereocenters. The highest BCUT2D eigenvalue weighted by molar-refractivity contribution is 5.00. The van der Waals surface area contributed by atoms with Gasteiger partial charge in [0.2, 0.25) is 0 Å². The average molecular weight is 284 g/mol. The average Bonchev–Trinajstić information content (AvgIpc) is 2.91. The molecule has 118 valence electrons. The predicted molar refractivity (Wildman–Crippen MR) is 82.2 cm³/mol. The molecule has 1 N–H and O–H groups in total. The number of piperazine rings is 1. The molecule has 2 fully saturated rings. The Morgan fingerprint density at radius 2 is 2.00 bits per heavy atom. The molecule has 0 aromatic carbocycles. The van der Waals surface area contributed by atoms with Gasteiger partial charge < -0.3 is 14.8 Å². The minimum atomic E-state index is 0.418. The molecule has 1 saturated heterocycles. The van der Waals surface area contributed by atoms with Gasteiger partial charge in [-0.15, -0.1) is 0 Å². The maximum absolute atomic E-state index is 5.74. The molecule has 0 aromatic rings. The summed E-state index contributed by atoms with van der Waals surface area (Å²) in [6.45, 7) is 8.22. The topological polar surface area (TPSA) is 33.7 Å². The van der Waals surface area contributed by atoms with Gasteiger partial charge in [-0.25, -0.2) is 0 Å². The number of methoxy groups -OCH3 is 1. The SMILES string of the molecule is CCC1CNC2(CCCC2)CN1CCOCCCOC. The van der Waals surface area contributed by atoms with Gasteiger partial charge in [0.1, 0.15) is 0 Å². The maximum atomic E-state index is 5.74. The van der Waals surface area contributed by atoms with E-state index in [4.69, 9.17) is 9.47 Å². The molecule has 0 radical (unpaired) electrons. The fourth-order valence-electron chi connectivity index (χ4n) is 3.68. The lowest BCUT2D eigenvalue weighted by molar-refractivity contribution is 0.0356. The molecule has 2 rings (SSSR count). The highest BCUT2D eigenvalue weighted by Crippen LogP contribution is 2.33. The van der Waals surface area contributed by atoms with Crippen molar-refractivity contribution in [3.8, 4) is 0 Å². The smallest absolute Gasteiger partial charge is 0.0593 e. The number of nitrogens with one attached hydrogen (secondary N) is 1. The molecule has 1 saturated carbocycles. The zero-order chi connectivity index (χ0) is 14.3. The highest BCUT2D eigenvalue weighted by atomic mass is 16.5. The summed E-state index contributed by atoms with van der Waals surface area (Å²) in [5.41, 5.74) is 0.418. The van der Waals surface area contributed by atoms with Crippen LogP contribution in [-0.4, -0.2) is 63.0 Å². The third-order valence-corrected chi connectivity index (χ3v) is 4.93. The van der Waals surface area contributed by atoms with E-state index in [1.165, 1.54) is 38.6 Å². The fraction of sp³-hybridized carbons (Fsp3) is 1.00. The largest absolute Gasteiger partial charge is 0.385 e. The Morgan fingerprint density at radius 1 is 1.20 bits per heavy atom. The van der Waals surface area contributed by atoms with Gasteiger partial charge >= 0.3 is 0 Å². The van der Waals surface area contributed by atoms with E-state index in [2.05, 4.69) is 17.1 Å². The van der Waals surface area contributed by atoms with Gasteiger partial charge in [0.15, 0.2) is 0 Å². The molecule has 1 spiro atoms. The van der Waals surface area contributed by atoms with Crippen LogP contribution in [0.15, 0.2) is 0 Å². The van der Waals surface area contributed by atoms with Crippen molar-refractivity contribution in [3.05, 3.63) is 0 Å². The Labute approximate surface area is 124 Å². The first-order chi connectivity index (χ1) is 9.79. The van der Waals surface area contributed by atoms with Crippen molar-refractivity contribution in [2.45, 2.75) is 57.0 Å². The van der Waals surface area contributed by atoms with Crippen molar-refractivity contribution < 1.29 is 9.47 Å². The van der Waals surface area contributed by atoms with Gasteiger partial charge in [-0.2, -0.15) is 0 Å². The molecular weight excluding hydrogens is 252 g/mol. The number of nitrogens with zero attached hydrogens (tertiary/aromatic N) is 1. The van der Waals surface area contributed by atoms with Crippen molar-refractivity contribution in [3.63, 3.8) is 0 Å². The molecule has 2 aliphatic rings. The number of ether oxygens (including phenoxy) is 2. The predicted octanol–water partition coefficient (Wildman–Crippen LogP) is 2.04. The Hall–Kier alpha value is -0.160. The summed E-state index contributed by atoms with van der Waals surface area (Å²) in [7, 11) is 1.74. The van der Waals surface area contributed by atoms with Crippen molar-refractivity contribution in [1.29, 1.82) is 0 Å². The van der Waals surface area contributed by atoms with Crippen LogP contribution in [0.5, 0.6) is 0 Å². The third kappa shape index (κ3) is 4.42. The highest BCUT2D eigenvalue weighted by Gasteiger charge is 2.40. The molecule has 1 aliphatic carbocycles. The van der Waals surface area contributed by atoms with E-state index >= 15 is 0 Å². The molecule has 0 bridgehead atoms. The van der Waals surface area contributed by atoms with Gasteiger partial charge in [-0.3, -0.25) is 4.90 Å². The summed E-state index contributed by atoms with van der Waals surface area (Å²) in [6, 6.07) is 0.684. The van der Waals surface area contributed by atoms with Crippen molar-refractivity contribution >= 4 is 0 Å². The fourth-order valence-corrected chi connectivity index (χ4v) is 3.68. The van der Waals surface area contributed by atoms with Crippen LogP contribution in [0.4, 0.5) is 0 Å². The third-order valence-electron chi connectivity index (χ3n) is 4.93. The van der Waals surface area contributed by atoms with Gasteiger partial charge in [-0.1, -0.05) is 19.8 Å². The van der Waals surface area contributed by atoms with Crippen LogP contribution in [-0.2, 0) is 9.47 Å². The minimum Gasteiger partial charge on any atom is -0.385 e. The van der Waals surface area contributed by atoms with E-state index in [-0.39, 0.29) is 0 Å². The van der Waals surface area contributed by atoms with Crippen LogP contribution in [0.2, 0.25) is 0 Å². The monoisotopic (exact) mass is 284 g/mol. The first-order valence-electron chi connectivity index (χ1n) is 8.35. The van der Waals surface area contributed by atoms with E-state index in [1.807, 2.05) is 0 Å². The maximum Gasteiger partial charge on any atom is 0.0593 e. The zero-order valence-electron chi connectivity index (χ0n) is 13.3. The first-order valence-corrected chi connectivity index (χ1v) is 8.35. The Bertz CT molecular complexity index is 267. The van der Waals surface area contributed by atoms with Crippen LogP contribution < -0.4 is 5.32 Å².